The zero-order valence-corrected chi connectivity index (χ0v) is 15.6. The molecule has 0 amide bonds. The first kappa shape index (κ1) is 20.7. The van der Waals surface area contributed by atoms with Crippen LogP contribution < -0.4 is 10.6 Å². The molecule has 0 bridgehead atoms. The van der Waals surface area contributed by atoms with Crippen molar-refractivity contribution in [2.75, 3.05) is 19.7 Å². The Morgan fingerprint density at radius 1 is 1.25 bits per heavy atom. The molecule has 0 saturated heterocycles. The molecule has 0 radical (unpaired) electrons. The van der Waals surface area contributed by atoms with E-state index in [9.17, 15) is 9.50 Å². The van der Waals surface area contributed by atoms with Crippen LogP contribution in [0.2, 0.25) is 5.02 Å². The summed E-state index contributed by atoms with van der Waals surface area (Å²) in [5.41, 5.74) is 0.913. The van der Waals surface area contributed by atoms with Crippen LogP contribution in [0.4, 0.5) is 4.39 Å². The summed E-state index contributed by atoms with van der Waals surface area (Å²) in [5, 5.41) is 16.0. The fourth-order valence-electron chi connectivity index (χ4n) is 2.60. The largest absolute Gasteiger partial charge is 0.396 e. The van der Waals surface area contributed by atoms with Gasteiger partial charge in [-0.2, -0.15) is 0 Å². The molecule has 1 rings (SSSR count). The van der Waals surface area contributed by atoms with Crippen LogP contribution in [0.3, 0.4) is 0 Å². The summed E-state index contributed by atoms with van der Waals surface area (Å²) in [4.78, 5) is 4.54. The molecule has 136 valence electrons. The van der Waals surface area contributed by atoms with Crippen molar-refractivity contribution in [1.82, 2.24) is 10.6 Å². The van der Waals surface area contributed by atoms with Gasteiger partial charge in [0.1, 0.15) is 5.82 Å². The highest BCUT2D eigenvalue weighted by Crippen LogP contribution is 2.29. The summed E-state index contributed by atoms with van der Waals surface area (Å²) < 4.78 is 13.2. The van der Waals surface area contributed by atoms with Gasteiger partial charge in [-0.15, -0.1) is 0 Å². The Labute approximate surface area is 149 Å². The number of halogens is 2. The van der Waals surface area contributed by atoms with Gasteiger partial charge in [0.05, 0.1) is 11.6 Å². The van der Waals surface area contributed by atoms with E-state index in [1.165, 1.54) is 6.07 Å². The Kier molecular flexibility index (Phi) is 9.08. The van der Waals surface area contributed by atoms with Crippen molar-refractivity contribution in [3.63, 3.8) is 0 Å². The average molecular weight is 358 g/mol. The number of nitrogens with one attached hydrogen (secondary N) is 2. The summed E-state index contributed by atoms with van der Waals surface area (Å²) in [6, 6.07) is 4.63. The van der Waals surface area contributed by atoms with Crippen LogP contribution in [0.25, 0.3) is 0 Å². The number of aliphatic hydroxyl groups is 1. The molecule has 0 atom stereocenters. The van der Waals surface area contributed by atoms with E-state index >= 15 is 0 Å². The highest BCUT2D eigenvalue weighted by Gasteiger charge is 2.25. The van der Waals surface area contributed by atoms with Crippen LogP contribution in [0.5, 0.6) is 0 Å². The number of guanidine groups is 1. The number of hydrogen-bond donors (Lipinski definition) is 3. The minimum atomic E-state index is -0.422. The maximum Gasteiger partial charge on any atom is 0.191 e. The van der Waals surface area contributed by atoms with Gasteiger partial charge in [0.15, 0.2) is 5.96 Å². The zero-order chi connectivity index (χ0) is 18.0. The maximum absolute atomic E-state index is 13.2. The van der Waals surface area contributed by atoms with Crippen molar-refractivity contribution in [1.29, 1.82) is 0 Å². The lowest BCUT2D eigenvalue weighted by atomic mass is 9.79. The highest BCUT2D eigenvalue weighted by molar-refractivity contribution is 6.30. The summed E-state index contributed by atoms with van der Waals surface area (Å²) in [7, 11) is 0. The van der Waals surface area contributed by atoms with E-state index < -0.39 is 5.82 Å². The molecule has 1 aromatic carbocycles. The van der Waals surface area contributed by atoms with E-state index in [1.54, 1.807) is 12.1 Å². The Hall–Kier alpha value is -1.33. The van der Waals surface area contributed by atoms with Gasteiger partial charge in [0.2, 0.25) is 0 Å². The van der Waals surface area contributed by atoms with Crippen molar-refractivity contribution in [2.24, 2.45) is 10.4 Å². The van der Waals surface area contributed by atoms with E-state index in [4.69, 9.17) is 11.6 Å². The first-order valence-electron chi connectivity index (χ1n) is 8.57. The lowest BCUT2D eigenvalue weighted by Gasteiger charge is -2.32. The quantitative estimate of drug-likeness (QED) is 0.466. The molecule has 0 fully saturated rings. The summed E-state index contributed by atoms with van der Waals surface area (Å²) >= 11 is 5.81. The van der Waals surface area contributed by atoms with E-state index in [1.807, 2.05) is 6.92 Å². The maximum atomic E-state index is 13.2. The molecule has 6 heteroatoms. The van der Waals surface area contributed by atoms with Gasteiger partial charge >= 0.3 is 0 Å². The Balaban J connectivity index is 2.76. The first-order valence-corrected chi connectivity index (χ1v) is 8.95. The summed E-state index contributed by atoms with van der Waals surface area (Å²) in [6.45, 7) is 8.40. The molecule has 4 nitrogen and oxygen atoms in total. The number of hydrogen-bond acceptors (Lipinski definition) is 2. The van der Waals surface area contributed by atoms with Gasteiger partial charge in [-0.25, -0.2) is 9.38 Å². The molecule has 0 aliphatic heterocycles. The zero-order valence-electron chi connectivity index (χ0n) is 14.8. The van der Waals surface area contributed by atoms with Crippen LogP contribution in [0, 0.1) is 11.2 Å². The second kappa shape index (κ2) is 10.5. The molecule has 24 heavy (non-hydrogen) atoms. The molecule has 0 aliphatic carbocycles. The minimum absolute atomic E-state index is 0.0596. The fraction of sp³-hybridized carbons (Fsp3) is 0.611. The monoisotopic (exact) mass is 357 g/mol. The minimum Gasteiger partial charge on any atom is -0.396 e. The van der Waals surface area contributed by atoms with Gasteiger partial charge in [-0.3, -0.25) is 0 Å². The second-order valence-corrected chi connectivity index (χ2v) is 6.39. The first-order chi connectivity index (χ1) is 11.5. The normalized spacial score (nSPS) is 12.3. The van der Waals surface area contributed by atoms with Crippen LogP contribution in [-0.4, -0.2) is 30.8 Å². The molecular weight excluding hydrogens is 329 g/mol. The molecule has 0 aromatic heterocycles. The lowest BCUT2D eigenvalue weighted by Crippen LogP contribution is -2.43. The van der Waals surface area contributed by atoms with Crippen molar-refractivity contribution in [3.05, 3.63) is 34.6 Å². The molecule has 0 spiro atoms. The van der Waals surface area contributed by atoms with Crippen LogP contribution >= 0.6 is 11.6 Å². The van der Waals surface area contributed by atoms with E-state index in [0.29, 0.717) is 12.5 Å². The standard InChI is InChI=1S/C18H29ClFN3O/c1-4-18(5-2,9-10-24)13-23-17(21-6-3)22-12-14-7-8-16(20)15(19)11-14/h7-8,11,24H,4-6,9-10,12-13H2,1-3H3,(H2,21,22,23). The molecular formula is C18H29ClFN3O. The smallest absolute Gasteiger partial charge is 0.191 e. The van der Waals surface area contributed by atoms with Crippen molar-refractivity contribution >= 4 is 17.6 Å². The summed E-state index contributed by atoms with van der Waals surface area (Å²) in [5.74, 6) is 0.288. The SMILES string of the molecule is CCNC(=NCc1ccc(F)c(Cl)c1)NCC(CC)(CC)CCO. The van der Waals surface area contributed by atoms with Crippen molar-refractivity contribution < 1.29 is 9.50 Å². The molecule has 0 aliphatic rings. The summed E-state index contributed by atoms with van der Waals surface area (Å²) in [6.07, 6.45) is 2.74. The second-order valence-electron chi connectivity index (χ2n) is 5.98. The number of aliphatic imine (C=N–C) groups is 1. The van der Waals surface area contributed by atoms with E-state index in [-0.39, 0.29) is 17.0 Å². The van der Waals surface area contributed by atoms with Crippen LogP contribution in [0.1, 0.15) is 45.6 Å². The predicted molar refractivity (Wildman–Crippen MR) is 98.9 cm³/mol. The molecule has 0 heterocycles. The average Bonchev–Trinajstić information content (AvgIpc) is 2.59. The van der Waals surface area contributed by atoms with Crippen molar-refractivity contribution in [3.8, 4) is 0 Å². The fourth-order valence-corrected chi connectivity index (χ4v) is 2.80. The molecule has 1 aromatic rings. The van der Waals surface area contributed by atoms with Gasteiger partial charge < -0.3 is 15.7 Å². The lowest BCUT2D eigenvalue weighted by molar-refractivity contribution is 0.169. The van der Waals surface area contributed by atoms with Crippen molar-refractivity contribution in [2.45, 2.75) is 46.6 Å². The van der Waals surface area contributed by atoms with Gasteiger partial charge in [0.25, 0.3) is 0 Å². The Morgan fingerprint density at radius 2 is 1.96 bits per heavy atom. The number of nitrogens with zero attached hydrogens (tertiary/aromatic N) is 1. The van der Waals surface area contributed by atoms with E-state index in [0.717, 1.165) is 37.9 Å². The number of aliphatic hydroxyl groups excluding tert-OH is 1. The molecule has 3 N–H and O–H groups in total. The van der Waals surface area contributed by atoms with Gasteiger partial charge in [-0.1, -0.05) is 31.5 Å². The highest BCUT2D eigenvalue weighted by atomic mass is 35.5. The Bertz CT molecular complexity index is 533. The third-order valence-corrected chi connectivity index (χ3v) is 4.81. The third-order valence-electron chi connectivity index (χ3n) is 4.52. The number of rotatable bonds is 9. The van der Waals surface area contributed by atoms with Gasteiger partial charge in [0, 0.05) is 19.7 Å². The molecule has 0 saturated carbocycles. The van der Waals surface area contributed by atoms with E-state index in [2.05, 4.69) is 29.5 Å². The van der Waals surface area contributed by atoms with Crippen LogP contribution in [0.15, 0.2) is 23.2 Å². The Morgan fingerprint density at radius 3 is 2.50 bits per heavy atom. The third kappa shape index (κ3) is 6.29. The molecule has 0 unspecified atom stereocenters. The van der Waals surface area contributed by atoms with Gasteiger partial charge in [-0.05, 0) is 49.3 Å². The topological polar surface area (TPSA) is 56.7 Å². The number of benzene rings is 1. The predicted octanol–water partition coefficient (Wildman–Crippen LogP) is 3.72. The van der Waals surface area contributed by atoms with Crippen LogP contribution in [-0.2, 0) is 6.54 Å².